The van der Waals surface area contributed by atoms with Crippen molar-refractivity contribution in [3.8, 4) is 5.75 Å². The van der Waals surface area contributed by atoms with E-state index in [1.807, 2.05) is 17.0 Å². The highest BCUT2D eigenvalue weighted by molar-refractivity contribution is 5.91. The average Bonchev–Trinajstić information content (AvgIpc) is 3.03. The van der Waals surface area contributed by atoms with Gasteiger partial charge in [-0.15, -0.1) is 0 Å². The number of aliphatic hydroxyl groups excluding tert-OH is 1. The minimum Gasteiger partial charge on any atom is -0.497 e. The molecule has 6 nitrogen and oxygen atoms in total. The molecule has 2 fully saturated rings. The van der Waals surface area contributed by atoms with Gasteiger partial charge in [0.15, 0.2) is 0 Å². The fraction of sp³-hybridized carbons (Fsp3) is 0.650. The highest BCUT2D eigenvalue weighted by Gasteiger charge is 2.38. The van der Waals surface area contributed by atoms with E-state index in [0.29, 0.717) is 25.2 Å². The Balaban J connectivity index is 1.61. The van der Waals surface area contributed by atoms with Gasteiger partial charge in [-0.05, 0) is 61.8 Å². The molecule has 1 N–H and O–H groups in total. The summed E-state index contributed by atoms with van der Waals surface area (Å²) in [6.45, 7) is 2.55. The summed E-state index contributed by atoms with van der Waals surface area (Å²) in [5.74, 6) is 1.28. The summed E-state index contributed by atoms with van der Waals surface area (Å²) in [5.41, 5.74) is 2.07. The van der Waals surface area contributed by atoms with Crippen molar-refractivity contribution < 1.29 is 19.4 Å². The fourth-order valence-corrected chi connectivity index (χ4v) is 4.64. The number of cyclic esters (lactones) is 1. The molecule has 0 aromatic heterocycles. The molecule has 0 spiro atoms. The number of amides is 1. The van der Waals surface area contributed by atoms with Crippen LogP contribution in [-0.2, 0) is 11.3 Å². The van der Waals surface area contributed by atoms with Gasteiger partial charge >= 0.3 is 6.09 Å². The zero-order chi connectivity index (χ0) is 18.1. The molecular weight excluding hydrogens is 332 g/mol. The number of hydrogen-bond donors (Lipinski definition) is 1. The highest BCUT2D eigenvalue weighted by Crippen LogP contribution is 2.36. The topological polar surface area (TPSA) is 62.2 Å². The quantitative estimate of drug-likeness (QED) is 0.898. The Labute approximate surface area is 154 Å². The number of anilines is 1. The van der Waals surface area contributed by atoms with Gasteiger partial charge in [0.25, 0.3) is 0 Å². The lowest BCUT2D eigenvalue weighted by molar-refractivity contribution is 0.101. The van der Waals surface area contributed by atoms with Crippen molar-refractivity contribution >= 4 is 11.8 Å². The van der Waals surface area contributed by atoms with E-state index in [1.54, 1.807) is 7.11 Å². The summed E-state index contributed by atoms with van der Waals surface area (Å²) in [7, 11) is 1.67. The zero-order valence-electron chi connectivity index (χ0n) is 15.4. The van der Waals surface area contributed by atoms with Crippen molar-refractivity contribution in [1.29, 1.82) is 0 Å². The third kappa shape index (κ3) is 3.28. The van der Waals surface area contributed by atoms with Crippen LogP contribution in [0.25, 0.3) is 0 Å². The first kappa shape index (κ1) is 17.6. The monoisotopic (exact) mass is 360 g/mol. The summed E-state index contributed by atoms with van der Waals surface area (Å²) < 4.78 is 10.8. The van der Waals surface area contributed by atoms with Gasteiger partial charge in [-0.25, -0.2) is 4.79 Å². The lowest BCUT2D eigenvalue weighted by Crippen LogP contribution is -2.44. The summed E-state index contributed by atoms with van der Waals surface area (Å²) in [4.78, 5) is 16.7. The molecule has 2 aliphatic heterocycles. The third-order valence-electron chi connectivity index (χ3n) is 6.22. The van der Waals surface area contributed by atoms with E-state index in [9.17, 15) is 9.90 Å². The van der Waals surface area contributed by atoms with Gasteiger partial charge in [-0.1, -0.05) is 0 Å². The maximum atomic E-state index is 12.3. The maximum Gasteiger partial charge on any atom is 0.414 e. The summed E-state index contributed by atoms with van der Waals surface area (Å²) in [6.07, 6.45) is 5.15. The Morgan fingerprint density at radius 1 is 1.19 bits per heavy atom. The molecule has 2 heterocycles. The zero-order valence-corrected chi connectivity index (χ0v) is 15.4. The van der Waals surface area contributed by atoms with E-state index >= 15 is 0 Å². The molecule has 0 bridgehead atoms. The van der Waals surface area contributed by atoms with E-state index in [1.165, 1.54) is 0 Å². The van der Waals surface area contributed by atoms with E-state index in [2.05, 4.69) is 11.0 Å². The maximum absolute atomic E-state index is 12.3. The summed E-state index contributed by atoms with van der Waals surface area (Å²) in [5, 5.41) is 9.41. The second-order valence-electron chi connectivity index (χ2n) is 7.71. The van der Waals surface area contributed by atoms with Crippen LogP contribution >= 0.6 is 0 Å². The Kier molecular flexibility index (Phi) is 5.05. The lowest BCUT2D eigenvalue weighted by Gasteiger charge is -2.39. The van der Waals surface area contributed by atoms with Gasteiger partial charge in [-0.3, -0.25) is 9.80 Å². The Hall–Kier alpha value is -1.79. The molecule has 1 aromatic carbocycles. The largest absolute Gasteiger partial charge is 0.497 e. The van der Waals surface area contributed by atoms with Crippen LogP contribution in [0.5, 0.6) is 5.75 Å². The molecule has 1 unspecified atom stereocenters. The number of hydrogen-bond acceptors (Lipinski definition) is 5. The van der Waals surface area contributed by atoms with E-state index < -0.39 is 0 Å². The SMILES string of the molecule is COc1ccc2c(c1)CN(C1CCC(CO)CC1)CCC1COC(=O)N21. The first-order chi connectivity index (χ1) is 12.7. The second kappa shape index (κ2) is 7.45. The Morgan fingerprint density at radius 2 is 2.00 bits per heavy atom. The summed E-state index contributed by atoms with van der Waals surface area (Å²) in [6, 6.07) is 6.60. The van der Waals surface area contributed by atoms with Gasteiger partial charge in [0.2, 0.25) is 0 Å². The van der Waals surface area contributed by atoms with Crippen LogP contribution in [-0.4, -0.2) is 55.1 Å². The number of methoxy groups -OCH3 is 1. The molecule has 1 saturated carbocycles. The molecule has 1 aromatic rings. The number of ether oxygens (including phenoxy) is 2. The summed E-state index contributed by atoms with van der Waals surface area (Å²) >= 11 is 0. The first-order valence-corrected chi connectivity index (χ1v) is 9.67. The normalized spacial score (nSPS) is 29.4. The van der Waals surface area contributed by atoms with Crippen molar-refractivity contribution in [2.75, 3.05) is 31.8 Å². The van der Waals surface area contributed by atoms with Crippen LogP contribution in [0.1, 0.15) is 37.7 Å². The van der Waals surface area contributed by atoms with E-state index in [0.717, 1.165) is 62.2 Å². The third-order valence-corrected chi connectivity index (χ3v) is 6.22. The number of fused-ring (bicyclic) bond motifs is 3. The van der Waals surface area contributed by atoms with Crippen molar-refractivity contribution in [3.05, 3.63) is 23.8 Å². The molecule has 1 atom stereocenters. The average molecular weight is 360 g/mol. The van der Waals surface area contributed by atoms with Crippen LogP contribution in [0.15, 0.2) is 18.2 Å². The molecular formula is C20H28N2O4. The van der Waals surface area contributed by atoms with Gasteiger partial charge in [0, 0.05) is 25.7 Å². The fourth-order valence-electron chi connectivity index (χ4n) is 4.64. The molecule has 0 radical (unpaired) electrons. The molecule has 1 amide bonds. The van der Waals surface area contributed by atoms with E-state index in [-0.39, 0.29) is 12.1 Å². The minimum absolute atomic E-state index is 0.103. The predicted octanol–water partition coefficient (Wildman–Crippen LogP) is 2.78. The number of carbonyl (C=O) groups excluding carboxylic acids is 1. The second-order valence-corrected chi connectivity index (χ2v) is 7.71. The smallest absolute Gasteiger partial charge is 0.414 e. The predicted molar refractivity (Wildman–Crippen MR) is 98.5 cm³/mol. The molecule has 6 heteroatoms. The van der Waals surface area contributed by atoms with Gasteiger partial charge in [0.1, 0.15) is 12.4 Å². The Bertz CT molecular complexity index is 657. The molecule has 26 heavy (non-hydrogen) atoms. The molecule has 142 valence electrons. The first-order valence-electron chi connectivity index (χ1n) is 9.67. The number of benzene rings is 1. The van der Waals surface area contributed by atoms with E-state index in [4.69, 9.17) is 9.47 Å². The van der Waals surface area contributed by atoms with Gasteiger partial charge < -0.3 is 14.6 Å². The van der Waals surface area contributed by atoms with Crippen molar-refractivity contribution in [3.63, 3.8) is 0 Å². The lowest BCUT2D eigenvalue weighted by atomic mass is 9.85. The molecule has 3 aliphatic rings. The molecule has 1 saturated heterocycles. The van der Waals surface area contributed by atoms with Crippen LogP contribution in [0.2, 0.25) is 0 Å². The van der Waals surface area contributed by atoms with Crippen molar-refractivity contribution in [1.82, 2.24) is 4.90 Å². The van der Waals surface area contributed by atoms with Crippen molar-refractivity contribution in [2.24, 2.45) is 5.92 Å². The minimum atomic E-state index is -0.238. The Morgan fingerprint density at radius 3 is 2.73 bits per heavy atom. The highest BCUT2D eigenvalue weighted by atomic mass is 16.6. The molecule has 4 rings (SSSR count). The van der Waals surface area contributed by atoms with Crippen LogP contribution < -0.4 is 9.64 Å². The van der Waals surface area contributed by atoms with Crippen LogP contribution in [0.4, 0.5) is 10.5 Å². The van der Waals surface area contributed by atoms with Crippen molar-refractivity contribution in [2.45, 2.75) is 50.7 Å². The standard InChI is InChI=1S/C20H28N2O4/c1-25-18-6-7-19-15(10-18)11-21(16-4-2-14(12-23)3-5-16)9-8-17-13-26-20(24)22(17)19/h6-7,10,14,16-17,23H,2-5,8-9,11-13H2,1H3. The van der Waals surface area contributed by atoms with Gasteiger partial charge in [0.05, 0.1) is 18.8 Å². The number of aliphatic hydroxyl groups is 1. The number of carbonyl (C=O) groups is 1. The van der Waals surface area contributed by atoms with Gasteiger partial charge in [-0.2, -0.15) is 0 Å². The number of nitrogens with zero attached hydrogens (tertiary/aromatic N) is 2. The van der Waals surface area contributed by atoms with Crippen LogP contribution in [0, 0.1) is 5.92 Å². The molecule has 1 aliphatic carbocycles. The van der Waals surface area contributed by atoms with Crippen LogP contribution in [0.3, 0.4) is 0 Å². The number of rotatable bonds is 3.